The van der Waals surface area contributed by atoms with Crippen molar-refractivity contribution in [2.24, 2.45) is 27.9 Å². The second kappa shape index (κ2) is 14.0. The fourth-order valence-electron chi connectivity index (χ4n) is 2.95. The van der Waals surface area contributed by atoms with E-state index in [1.807, 2.05) is 37.3 Å². The minimum atomic E-state index is -0.916. The quantitative estimate of drug-likeness (QED) is 0.127. The third-order valence-electron chi connectivity index (χ3n) is 4.73. The Kier molecular flexibility index (Phi) is 11.7. The van der Waals surface area contributed by atoms with Crippen LogP contribution < -0.4 is 33.6 Å². The third kappa shape index (κ3) is 10.4. The number of rotatable bonds is 14. The van der Waals surface area contributed by atoms with E-state index in [2.05, 4.69) is 15.6 Å². The molecule has 10 heteroatoms. The van der Waals surface area contributed by atoms with Gasteiger partial charge in [-0.3, -0.25) is 19.4 Å². The monoisotopic (exact) mass is 433 g/mol. The molecule has 0 spiro atoms. The smallest absolute Gasteiger partial charge is 0.243 e. The van der Waals surface area contributed by atoms with E-state index in [4.69, 9.17) is 22.9 Å². The lowest BCUT2D eigenvalue weighted by Crippen LogP contribution is -2.55. The maximum absolute atomic E-state index is 12.9. The van der Waals surface area contributed by atoms with Crippen LogP contribution in [0.25, 0.3) is 0 Å². The van der Waals surface area contributed by atoms with Crippen LogP contribution in [0.3, 0.4) is 0 Å². The van der Waals surface area contributed by atoms with Gasteiger partial charge in [-0.1, -0.05) is 50.1 Å². The van der Waals surface area contributed by atoms with Crippen molar-refractivity contribution in [3.8, 4) is 0 Å². The van der Waals surface area contributed by atoms with Crippen LogP contribution in [0.1, 0.15) is 44.6 Å². The second-order valence-electron chi connectivity index (χ2n) is 7.41. The first kappa shape index (κ1) is 25.9. The van der Waals surface area contributed by atoms with Crippen LogP contribution in [0.4, 0.5) is 0 Å². The summed E-state index contributed by atoms with van der Waals surface area (Å²) in [6.45, 7) is 2.30. The summed E-state index contributed by atoms with van der Waals surface area (Å²) in [5, 5.41) is 5.33. The molecule has 31 heavy (non-hydrogen) atoms. The van der Waals surface area contributed by atoms with Crippen molar-refractivity contribution in [2.75, 3.05) is 6.54 Å². The molecule has 1 rings (SSSR count). The first-order valence-corrected chi connectivity index (χ1v) is 10.5. The molecular formula is C21H35N7O3. The molecule has 0 unspecified atom stereocenters. The van der Waals surface area contributed by atoms with Crippen LogP contribution in [0.5, 0.6) is 0 Å². The number of hydrogen-bond acceptors (Lipinski definition) is 5. The highest BCUT2D eigenvalue weighted by Gasteiger charge is 2.27. The molecule has 0 saturated carbocycles. The topological polar surface area (TPSA) is 192 Å². The molecule has 0 bridgehead atoms. The van der Waals surface area contributed by atoms with Crippen molar-refractivity contribution in [3.05, 3.63) is 35.9 Å². The molecule has 3 amide bonds. The van der Waals surface area contributed by atoms with Gasteiger partial charge in [-0.15, -0.1) is 0 Å². The zero-order chi connectivity index (χ0) is 23.2. The van der Waals surface area contributed by atoms with Crippen molar-refractivity contribution >= 4 is 23.7 Å². The average molecular weight is 434 g/mol. The van der Waals surface area contributed by atoms with E-state index in [0.717, 1.165) is 18.4 Å². The number of nitrogens with zero attached hydrogens (tertiary/aromatic N) is 1. The van der Waals surface area contributed by atoms with Gasteiger partial charge in [-0.25, -0.2) is 0 Å². The fraction of sp³-hybridized carbons (Fsp3) is 0.524. The maximum atomic E-state index is 12.9. The number of carbonyl (C=O) groups is 3. The summed E-state index contributed by atoms with van der Waals surface area (Å²) in [6.07, 6.45) is 3.18. The van der Waals surface area contributed by atoms with E-state index in [1.54, 1.807) is 0 Å². The Bertz CT molecular complexity index is 736. The van der Waals surface area contributed by atoms with E-state index in [0.29, 0.717) is 19.4 Å². The number of nitrogens with two attached hydrogens (primary N) is 4. The molecule has 0 aromatic heterocycles. The largest absolute Gasteiger partial charge is 0.370 e. The summed E-state index contributed by atoms with van der Waals surface area (Å²) in [5.74, 6) is -1.65. The van der Waals surface area contributed by atoms with Gasteiger partial charge < -0.3 is 33.6 Å². The first-order chi connectivity index (χ1) is 14.7. The number of primary amides is 1. The van der Waals surface area contributed by atoms with Gasteiger partial charge in [0.15, 0.2) is 5.96 Å². The number of amides is 3. The minimum absolute atomic E-state index is 0.0525. The first-order valence-electron chi connectivity index (χ1n) is 10.5. The van der Waals surface area contributed by atoms with Crippen molar-refractivity contribution in [3.63, 3.8) is 0 Å². The summed E-state index contributed by atoms with van der Waals surface area (Å²) >= 11 is 0. The van der Waals surface area contributed by atoms with Gasteiger partial charge in [0.1, 0.15) is 12.1 Å². The zero-order valence-electron chi connectivity index (χ0n) is 18.0. The average Bonchev–Trinajstić information content (AvgIpc) is 2.73. The fourth-order valence-corrected chi connectivity index (χ4v) is 2.95. The van der Waals surface area contributed by atoms with Crippen molar-refractivity contribution in [1.29, 1.82) is 0 Å². The summed E-state index contributed by atoms with van der Waals surface area (Å²) in [7, 11) is 0. The predicted octanol–water partition coefficient (Wildman–Crippen LogP) is -0.745. The lowest BCUT2D eigenvalue weighted by Gasteiger charge is -2.23. The van der Waals surface area contributed by atoms with Gasteiger partial charge in [0.2, 0.25) is 17.7 Å². The highest BCUT2D eigenvalue weighted by atomic mass is 16.2. The number of unbranched alkanes of at least 4 members (excludes halogenated alkanes) is 1. The Morgan fingerprint density at radius 2 is 1.58 bits per heavy atom. The van der Waals surface area contributed by atoms with Crippen LogP contribution in [-0.4, -0.2) is 48.4 Å². The molecule has 3 atom stereocenters. The van der Waals surface area contributed by atoms with Crippen LogP contribution in [-0.2, 0) is 20.8 Å². The number of aliphatic imine (C=N–C) groups is 1. The van der Waals surface area contributed by atoms with Gasteiger partial charge >= 0.3 is 0 Å². The molecule has 1 aromatic rings. The van der Waals surface area contributed by atoms with Crippen molar-refractivity contribution in [2.45, 2.75) is 63.6 Å². The summed E-state index contributed by atoms with van der Waals surface area (Å²) in [6, 6.07) is 6.66. The molecule has 0 aliphatic rings. The van der Waals surface area contributed by atoms with E-state index in [-0.39, 0.29) is 18.8 Å². The highest BCUT2D eigenvalue weighted by Crippen LogP contribution is 2.06. The summed E-state index contributed by atoms with van der Waals surface area (Å²) < 4.78 is 0. The molecule has 10 N–H and O–H groups in total. The Balaban J connectivity index is 2.84. The zero-order valence-corrected chi connectivity index (χ0v) is 18.0. The van der Waals surface area contributed by atoms with Gasteiger partial charge in [0.25, 0.3) is 0 Å². The lowest BCUT2D eigenvalue weighted by atomic mass is 10.0. The molecule has 0 fully saturated rings. The number of carbonyl (C=O) groups excluding carboxylic acids is 3. The maximum Gasteiger partial charge on any atom is 0.243 e. The molecule has 0 heterocycles. The molecule has 10 nitrogen and oxygen atoms in total. The van der Waals surface area contributed by atoms with Crippen LogP contribution >= 0.6 is 0 Å². The number of guanidine groups is 1. The molecule has 0 saturated heterocycles. The summed E-state index contributed by atoms with van der Waals surface area (Å²) in [5.41, 5.74) is 22.9. The second-order valence-corrected chi connectivity index (χ2v) is 7.41. The van der Waals surface area contributed by atoms with E-state index in [1.165, 1.54) is 0 Å². The van der Waals surface area contributed by atoms with Gasteiger partial charge in [0, 0.05) is 13.0 Å². The van der Waals surface area contributed by atoms with Crippen molar-refractivity contribution < 1.29 is 14.4 Å². The molecule has 0 aliphatic heterocycles. The molecule has 0 radical (unpaired) electrons. The van der Waals surface area contributed by atoms with Crippen LogP contribution in [0.2, 0.25) is 0 Å². The van der Waals surface area contributed by atoms with Crippen LogP contribution in [0.15, 0.2) is 35.3 Å². The van der Waals surface area contributed by atoms with E-state index in [9.17, 15) is 14.4 Å². The van der Waals surface area contributed by atoms with Gasteiger partial charge in [-0.2, -0.15) is 0 Å². The van der Waals surface area contributed by atoms with E-state index >= 15 is 0 Å². The standard InChI is InChI=1S/C21H35N7O3/c1-2-3-10-15(22)19(30)27-16(11-7-12-26-21(24)25)20(31)28-17(18(23)29)13-14-8-5-4-6-9-14/h4-6,8-9,15-17H,2-3,7,10-13,22H2,1H3,(H2,23,29)(H,27,30)(H,28,31)(H4,24,25,26)/t15-,16-,17-/m0/s1. The number of benzene rings is 1. The van der Waals surface area contributed by atoms with E-state index < -0.39 is 35.8 Å². The lowest BCUT2D eigenvalue weighted by molar-refractivity contribution is -0.132. The molecule has 172 valence electrons. The Morgan fingerprint density at radius 3 is 2.16 bits per heavy atom. The Labute approximate surface area is 183 Å². The Hall–Kier alpha value is -3.14. The van der Waals surface area contributed by atoms with Gasteiger partial charge in [-0.05, 0) is 24.8 Å². The molecule has 1 aromatic carbocycles. The molecular weight excluding hydrogens is 398 g/mol. The minimum Gasteiger partial charge on any atom is -0.370 e. The van der Waals surface area contributed by atoms with Crippen molar-refractivity contribution in [1.82, 2.24) is 10.6 Å². The van der Waals surface area contributed by atoms with Crippen LogP contribution in [0, 0.1) is 0 Å². The normalized spacial score (nSPS) is 13.5. The molecule has 0 aliphatic carbocycles. The number of nitrogens with one attached hydrogen (secondary N) is 2. The predicted molar refractivity (Wildman–Crippen MR) is 121 cm³/mol. The SMILES string of the molecule is CCCC[C@H](N)C(=O)N[C@@H](CCCN=C(N)N)C(=O)N[C@@H](Cc1ccccc1)C(N)=O. The van der Waals surface area contributed by atoms with Gasteiger partial charge in [0.05, 0.1) is 6.04 Å². The number of hydrogen-bond donors (Lipinski definition) is 6. The Morgan fingerprint density at radius 1 is 0.935 bits per heavy atom. The third-order valence-corrected chi connectivity index (χ3v) is 4.73. The summed E-state index contributed by atoms with van der Waals surface area (Å²) in [4.78, 5) is 41.1. The highest BCUT2D eigenvalue weighted by molar-refractivity contribution is 5.92.